The summed E-state index contributed by atoms with van der Waals surface area (Å²) >= 11 is 0. The fraction of sp³-hybridized carbons (Fsp3) is 0.167. The first-order valence-corrected chi connectivity index (χ1v) is 5.10. The van der Waals surface area contributed by atoms with Crippen molar-refractivity contribution in [3.05, 3.63) is 48.3 Å². The summed E-state index contributed by atoms with van der Waals surface area (Å²) in [6.07, 6.45) is 4.60. The third-order valence-electron chi connectivity index (χ3n) is 2.04. The summed E-state index contributed by atoms with van der Waals surface area (Å²) in [5.74, 6) is 0. The average Bonchev–Trinajstić information content (AvgIpc) is 2.76. The van der Waals surface area contributed by atoms with E-state index in [1.165, 1.54) is 0 Å². The van der Waals surface area contributed by atoms with E-state index in [0.29, 0.717) is 0 Å². The Balaban J connectivity index is 2.20. The van der Waals surface area contributed by atoms with Crippen molar-refractivity contribution in [3.63, 3.8) is 0 Å². The molecule has 0 bridgehead atoms. The van der Waals surface area contributed by atoms with Crippen molar-refractivity contribution in [1.82, 2.24) is 15.0 Å². The molecular weight excluding hydrogens is 202 g/mol. The molecule has 1 aromatic carbocycles. The molecule has 1 N–H and O–H groups in total. The fourth-order valence-corrected chi connectivity index (χ4v) is 1.27. The first kappa shape index (κ1) is 10.6. The molecule has 16 heavy (non-hydrogen) atoms. The molecule has 1 unspecified atom stereocenters. The van der Waals surface area contributed by atoms with E-state index in [1.54, 1.807) is 30.1 Å². The Labute approximate surface area is 93.8 Å². The number of hydrogen-bond donors (Lipinski definition) is 1. The van der Waals surface area contributed by atoms with Crippen LogP contribution in [0.5, 0.6) is 0 Å². The van der Waals surface area contributed by atoms with Crippen molar-refractivity contribution in [2.24, 2.45) is 0 Å². The predicted molar refractivity (Wildman–Crippen MR) is 62.1 cm³/mol. The lowest BCUT2D eigenvalue weighted by Gasteiger charge is -1.96. The van der Waals surface area contributed by atoms with Crippen LogP contribution >= 0.6 is 0 Å². The number of aliphatic hydroxyl groups is 1. The smallest absolute Gasteiger partial charge is 0.106 e. The summed E-state index contributed by atoms with van der Waals surface area (Å²) < 4.78 is 0. The van der Waals surface area contributed by atoms with Gasteiger partial charge in [-0.2, -0.15) is 9.90 Å². The number of nitrogens with zero attached hydrogens (tertiary/aromatic N) is 3. The average molecular weight is 215 g/mol. The van der Waals surface area contributed by atoms with Crippen LogP contribution in [0.25, 0.3) is 11.8 Å². The molecular formula is C12H13N3O. The van der Waals surface area contributed by atoms with Crippen molar-refractivity contribution in [1.29, 1.82) is 0 Å². The Bertz CT molecular complexity index is 474. The molecule has 4 nitrogen and oxygen atoms in total. The summed E-state index contributed by atoms with van der Waals surface area (Å²) in [6.45, 7) is 1.69. The molecule has 0 radical (unpaired) electrons. The van der Waals surface area contributed by atoms with Crippen molar-refractivity contribution in [3.8, 4) is 5.69 Å². The Kier molecular flexibility index (Phi) is 3.12. The summed E-state index contributed by atoms with van der Waals surface area (Å²) in [5, 5.41) is 17.5. The zero-order valence-electron chi connectivity index (χ0n) is 8.99. The second-order valence-corrected chi connectivity index (χ2v) is 3.49. The highest BCUT2D eigenvalue weighted by atomic mass is 16.3. The highest BCUT2D eigenvalue weighted by Crippen LogP contribution is 2.05. The van der Waals surface area contributed by atoms with Crippen LogP contribution in [-0.2, 0) is 0 Å². The van der Waals surface area contributed by atoms with Gasteiger partial charge in [-0.05, 0) is 25.1 Å². The van der Waals surface area contributed by atoms with E-state index in [0.717, 1.165) is 11.4 Å². The van der Waals surface area contributed by atoms with Crippen molar-refractivity contribution >= 4 is 6.08 Å². The van der Waals surface area contributed by atoms with Crippen LogP contribution in [0.15, 0.2) is 42.6 Å². The summed E-state index contributed by atoms with van der Waals surface area (Å²) in [5.41, 5.74) is 1.64. The van der Waals surface area contributed by atoms with E-state index in [9.17, 15) is 0 Å². The first-order valence-electron chi connectivity index (χ1n) is 5.10. The Morgan fingerprint density at radius 1 is 1.31 bits per heavy atom. The molecule has 1 aromatic heterocycles. The number of rotatable bonds is 3. The van der Waals surface area contributed by atoms with Crippen LogP contribution < -0.4 is 0 Å². The molecule has 1 heterocycles. The SMILES string of the molecule is CC(O)/C=C/c1cnn(-c2ccccc2)n1. The van der Waals surface area contributed by atoms with Crippen LogP contribution in [0.2, 0.25) is 0 Å². The van der Waals surface area contributed by atoms with Crippen LogP contribution in [-0.4, -0.2) is 26.2 Å². The van der Waals surface area contributed by atoms with Crippen molar-refractivity contribution in [2.75, 3.05) is 0 Å². The molecule has 0 aliphatic carbocycles. The second kappa shape index (κ2) is 4.72. The molecule has 82 valence electrons. The van der Waals surface area contributed by atoms with E-state index in [-0.39, 0.29) is 0 Å². The van der Waals surface area contributed by atoms with Gasteiger partial charge in [0.1, 0.15) is 5.69 Å². The van der Waals surface area contributed by atoms with Crippen LogP contribution in [0.3, 0.4) is 0 Å². The van der Waals surface area contributed by atoms with Gasteiger partial charge in [0, 0.05) is 0 Å². The monoisotopic (exact) mass is 215 g/mol. The lowest BCUT2D eigenvalue weighted by molar-refractivity contribution is 0.245. The number of aromatic nitrogens is 3. The zero-order valence-corrected chi connectivity index (χ0v) is 8.99. The maximum Gasteiger partial charge on any atom is 0.106 e. The number of para-hydroxylation sites is 1. The van der Waals surface area contributed by atoms with Crippen LogP contribution in [0.4, 0.5) is 0 Å². The molecule has 1 atom stereocenters. The fourth-order valence-electron chi connectivity index (χ4n) is 1.27. The van der Waals surface area contributed by atoms with Gasteiger partial charge in [0.25, 0.3) is 0 Å². The molecule has 0 aliphatic heterocycles. The molecule has 2 rings (SSSR count). The molecule has 0 amide bonds. The maximum absolute atomic E-state index is 9.10. The number of benzene rings is 1. The van der Waals surface area contributed by atoms with Gasteiger partial charge in [0.05, 0.1) is 18.0 Å². The second-order valence-electron chi connectivity index (χ2n) is 3.49. The topological polar surface area (TPSA) is 50.9 Å². The standard InChI is InChI=1S/C12H13N3O/c1-10(16)7-8-11-9-13-15(14-11)12-5-3-2-4-6-12/h2-10,16H,1H3/b8-7+. The predicted octanol–water partition coefficient (Wildman–Crippen LogP) is 1.66. The third kappa shape index (κ3) is 2.55. The van der Waals surface area contributed by atoms with Gasteiger partial charge in [-0.3, -0.25) is 0 Å². The highest BCUT2D eigenvalue weighted by molar-refractivity contribution is 5.43. The first-order chi connectivity index (χ1) is 7.75. The van der Waals surface area contributed by atoms with Crippen LogP contribution in [0, 0.1) is 0 Å². The van der Waals surface area contributed by atoms with Crippen LogP contribution in [0.1, 0.15) is 12.6 Å². The minimum atomic E-state index is -0.470. The van der Waals surface area contributed by atoms with E-state index in [2.05, 4.69) is 10.2 Å². The van der Waals surface area contributed by atoms with Gasteiger partial charge >= 0.3 is 0 Å². The summed E-state index contributed by atoms with van der Waals surface area (Å²) in [7, 11) is 0. The van der Waals surface area contributed by atoms with E-state index < -0.39 is 6.10 Å². The molecule has 0 fully saturated rings. The van der Waals surface area contributed by atoms with Gasteiger partial charge in [0.2, 0.25) is 0 Å². The maximum atomic E-state index is 9.10. The molecule has 0 saturated carbocycles. The van der Waals surface area contributed by atoms with Gasteiger partial charge in [-0.25, -0.2) is 0 Å². The lowest BCUT2D eigenvalue weighted by Crippen LogP contribution is -1.98. The normalized spacial score (nSPS) is 13.1. The van der Waals surface area contributed by atoms with Gasteiger partial charge in [0.15, 0.2) is 0 Å². The van der Waals surface area contributed by atoms with Gasteiger partial charge in [-0.1, -0.05) is 24.3 Å². The molecule has 0 spiro atoms. The molecule has 0 saturated heterocycles. The van der Waals surface area contributed by atoms with Crippen molar-refractivity contribution in [2.45, 2.75) is 13.0 Å². The summed E-state index contributed by atoms with van der Waals surface area (Å²) in [4.78, 5) is 1.56. The van der Waals surface area contributed by atoms with Gasteiger partial charge in [-0.15, -0.1) is 5.10 Å². The van der Waals surface area contributed by atoms with E-state index in [4.69, 9.17) is 5.11 Å². The minimum Gasteiger partial charge on any atom is -0.389 e. The minimum absolute atomic E-state index is 0.470. The van der Waals surface area contributed by atoms with Crippen molar-refractivity contribution < 1.29 is 5.11 Å². The number of aliphatic hydroxyl groups excluding tert-OH is 1. The highest BCUT2D eigenvalue weighted by Gasteiger charge is 1.99. The summed E-state index contributed by atoms with van der Waals surface area (Å²) in [6, 6.07) is 9.68. The Morgan fingerprint density at radius 3 is 2.75 bits per heavy atom. The number of hydrogen-bond acceptors (Lipinski definition) is 3. The van der Waals surface area contributed by atoms with Gasteiger partial charge < -0.3 is 5.11 Å². The Morgan fingerprint density at radius 2 is 2.06 bits per heavy atom. The van der Waals surface area contributed by atoms with E-state index >= 15 is 0 Å². The molecule has 4 heteroatoms. The molecule has 2 aromatic rings. The Hall–Kier alpha value is -1.94. The molecule has 0 aliphatic rings. The quantitative estimate of drug-likeness (QED) is 0.847. The van der Waals surface area contributed by atoms with E-state index in [1.807, 2.05) is 30.3 Å². The zero-order chi connectivity index (χ0) is 11.4. The lowest BCUT2D eigenvalue weighted by atomic mass is 10.3. The third-order valence-corrected chi connectivity index (χ3v) is 2.04. The largest absolute Gasteiger partial charge is 0.389 e.